The Bertz CT molecular complexity index is 1510. The number of halogens is 1. The minimum Gasteiger partial charge on any atom is -0.493 e. The molecule has 0 saturated heterocycles. The number of para-hydroxylation sites is 1. The van der Waals surface area contributed by atoms with Crippen LogP contribution in [0.5, 0.6) is 11.5 Å². The molecule has 0 unspecified atom stereocenters. The van der Waals surface area contributed by atoms with Crippen LogP contribution in [0.2, 0.25) is 0 Å². The molecule has 0 fully saturated rings. The van der Waals surface area contributed by atoms with Crippen molar-refractivity contribution in [3.8, 4) is 23.1 Å². The highest BCUT2D eigenvalue weighted by molar-refractivity contribution is 5.97. The van der Waals surface area contributed by atoms with E-state index in [1.54, 1.807) is 41.5 Å². The first kappa shape index (κ1) is 23.0. The van der Waals surface area contributed by atoms with Crippen LogP contribution in [-0.4, -0.2) is 49.6 Å². The number of rotatable bonds is 9. The van der Waals surface area contributed by atoms with Crippen LogP contribution >= 0.6 is 0 Å². The Morgan fingerprint density at radius 1 is 1.17 bits per heavy atom. The number of aromatic nitrogens is 6. The highest BCUT2D eigenvalue weighted by atomic mass is 19.1. The molecule has 0 atom stereocenters. The van der Waals surface area contributed by atoms with E-state index in [4.69, 9.17) is 14.0 Å². The second kappa shape index (κ2) is 9.86. The van der Waals surface area contributed by atoms with Crippen LogP contribution in [0.1, 0.15) is 16.2 Å². The molecule has 0 aliphatic heterocycles. The Balaban J connectivity index is 1.39. The lowest BCUT2D eigenvalue weighted by Crippen LogP contribution is -2.24. The van der Waals surface area contributed by atoms with Crippen LogP contribution in [0.15, 0.2) is 59.6 Å². The molecule has 3 aromatic heterocycles. The van der Waals surface area contributed by atoms with Gasteiger partial charge in [-0.3, -0.25) is 9.48 Å². The van der Waals surface area contributed by atoms with Crippen molar-refractivity contribution < 1.29 is 23.2 Å². The zero-order valence-electron chi connectivity index (χ0n) is 19.5. The van der Waals surface area contributed by atoms with Crippen molar-refractivity contribution in [3.05, 3.63) is 72.3 Å². The number of nitrogens with one attached hydrogen (secondary N) is 1. The summed E-state index contributed by atoms with van der Waals surface area (Å²) in [5.41, 5.74) is 1.39. The average Bonchev–Trinajstić information content (AvgIpc) is 3.65. The summed E-state index contributed by atoms with van der Waals surface area (Å²) in [6.45, 7) is 1.05. The Morgan fingerprint density at radius 3 is 2.83 bits per heavy atom. The van der Waals surface area contributed by atoms with Gasteiger partial charge >= 0.3 is 0 Å². The molecule has 36 heavy (non-hydrogen) atoms. The maximum atomic E-state index is 14.1. The van der Waals surface area contributed by atoms with Gasteiger partial charge in [-0.15, -0.1) is 0 Å². The number of amides is 1. The first-order chi connectivity index (χ1) is 17.6. The van der Waals surface area contributed by atoms with Gasteiger partial charge in [-0.1, -0.05) is 11.2 Å². The van der Waals surface area contributed by atoms with Crippen LogP contribution in [0.25, 0.3) is 22.5 Å². The summed E-state index contributed by atoms with van der Waals surface area (Å²) in [6, 6.07) is 9.34. The summed E-state index contributed by atoms with van der Waals surface area (Å²) < 4.78 is 33.7. The highest BCUT2D eigenvalue weighted by Crippen LogP contribution is 2.31. The Hall–Kier alpha value is -4.74. The van der Waals surface area contributed by atoms with Gasteiger partial charge in [0.1, 0.15) is 11.5 Å². The first-order valence-electron chi connectivity index (χ1n) is 11.0. The van der Waals surface area contributed by atoms with Gasteiger partial charge in [0.05, 0.1) is 44.7 Å². The molecular weight excluding hydrogens is 469 g/mol. The number of carbonyl (C=O) groups is 1. The molecule has 1 amide bonds. The number of methoxy groups -OCH3 is 2. The molecule has 184 valence electrons. The summed E-state index contributed by atoms with van der Waals surface area (Å²) >= 11 is 0. The quantitative estimate of drug-likeness (QED) is 0.334. The van der Waals surface area contributed by atoms with Gasteiger partial charge < -0.3 is 23.9 Å². The van der Waals surface area contributed by atoms with E-state index in [1.807, 2.05) is 10.8 Å². The van der Waals surface area contributed by atoms with E-state index in [1.165, 1.54) is 26.4 Å². The van der Waals surface area contributed by atoms with Gasteiger partial charge in [0.15, 0.2) is 17.3 Å². The molecule has 0 spiro atoms. The van der Waals surface area contributed by atoms with Crippen molar-refractivity contribution in [2.75, 3.05) is 14.2 Å². The number of carbonyl (C=O) groups excluding carboxylic acids is 1. The van der Waals surface area contributed by atoms with Crippen LogP contribution in [0, 0.1) is 5.82 Å². The van der Waals surface area contributed by atoms with Crippen LogP contribution in [-0.2, 0) is 19.6 Å². The zero-order chi connectivity index (χ0) is 25.1. The van der Waals surface area contributed by atoms with Crippen LogP contribution < -0.4 is 14.8 Å². The first-order valence-corrected chi connectivity index (χ1v) is 11.0. The van der Waals surface area contributed by atoms with E-state index >= 15 is 0 Å². The van der Waals surface area contributed by atoms with Crippen LogP contribution in [0.4, 0.5) is 4.39 Å². The van der Waals surface area contributed by atoms with Gasteiger partial charge in [-0.05, 0) is 30.3 Å². The van der Waals surface area contributed by atoms with Crippen molar-refractivity contribution in [2.24, 2.45) is 0 Å². The SMILES string of the molecule is COc1cccc(C(=O)NCc2noc(-c3c4cc(F)ccc4nn3CCn3ccnc3)n2)c1OC. The van der Waals surface area contributed by atoms with Crippen LogP contribution in [0.3, 0.4) is 0 Å². The van der Waals surface area contributed by atoms with E-state index in [9.17, 15) is 9.18 Å². The van der Waals surface area contributed by atoms with E-state index in [0.717, 1.165) is 0 Å². The molecule has 0 radical (unpaired) electrons. The third kappa shape index (κ3) is 4.48. The third-order valence-corrected chi connectivity index (χ3v) is 5.55. The second-order valence-electron chi connectivity index (χ2n) is 7.77. The maximum Gasteiger partial charge on any atom is 0.276 e. The molecule has 5 rings (SSSR count). The van der Waals surface area contributed by atoms with Crippen molar-refractivity contribution in [2.45, 2.75) is 19.6 Å². The molecule has 0 bridgehead atoms. The maximum absolute atomic E-state index is 14.1. The molecule has 5 aromatic rings. The minimum absolute atomic E-state index is 0.00182. The lowest BCUT2D eigenvalue weighted by molar-refractivity contribution is 0.0946. The van der Waals surface area contributed by atoms with Gasteiger partial charge in [0.2, 0.25) is 0 Å². The number of benzene rings is 2. The number of aryl methyl sites for hydroxylation is 2. The molecule has 3 heterocycles. The summed E-state index contributed by atoms with van der Waals surface area (Å²) in [7, 11) is 2.96. The molecule has 11 nitrogen and oxygen atoms in total. The molecule has 0 saturated carbocycles. The van der Waals surface area contributed by atoms with Crippen molar-refractivity contribution in [1.82, 2.24) is 34.8 Å². The zero-order valence-corrected chi connectivity index (χ0v) is 19.5. The number of hydrogen-bond donors (Lipinski definition) is 1. The second-order valence-corrected chi connectivity index (χ2v) is 7.77. The van der Waals surface area contributed by atoms with E-state index < -0.39 is 11.7 Å². The Labute approximate surface area is 204 Å². The van der Waals surface area contributed by atoms with Crippen molar-refractivity contribution in [3.63, 3.8) is 0 Å². The Morgan fingerprint density at radius 2 is 2.06 bits per heavy atom. The standard InChI is InChI=1S/C24H22FN7O4/c1-34-19-5-3-4-16(22(19)35-2)23(33)27-13-20-28-24(36-30-20)21-17-12-15(25)6-7-18(17)29-32(21)11-10-31-9-8-26-14-31/h3-9,12,14H,10-11,13H2,1-2H3,(H,27,33). The lowest BCUT2D eigenvalue weighted by Gasteiger charge is -2.11. The Kier molecular flexibility index (Phi) is 6.31. The van der Waals surface area contributed by atoms with Gasteiger partial charge in [-0.25, -0.2) is 9.37 Å². The minimum atomic E-state index is -0.405. The third-order valence-electron chi connectivity index (χ3n) is 5.55. The molecule has 12 heteroatoms. The molecule has 0 aliphatic rings. The summed E-state index contributed by atoms with van der Waals surface area (Å²) in [4.78, 5) is 21.2. The number of fused-ring (bicyclic) bond motifs is 1. The monoisotopic (exact) mass is 491 g/mol. The number of imidazole rings is 1. The molecular formula is C24H22FN7O4. The lowest BCUT2D eigenvalue weighted by atomic mass is 10.1. The fourth-order valence-electron chi connectivity index (χ4n) is 3.86. The normalized spacial score (nSPS) is 11.1. The number of ether oxygens (including phenoxy) is 2. The van der Waals surface area contributed by atoms with Gasteiger partial charge in [0.25, 0.3) is 11.8 Å². The van der Waals surface area contributed by atoms with Gasteiger partial charge in [0, 0.05) is 24.3 Å². The number of nitrogens with zero attached hydrogens (tertiary/aromatic N) is 6. The van der Waals surface area contributed by atoms with E-state index in [-0.39, 0.29) is 18.3 Å². The predicted molar refractivity (Wildman–Crippen MR) is 126 cm³/mol. The van der Waals surface area contributed by atoms with Crippen molar-refractivity contribution in [1.29, 1.82) is 0 Å². The fourth-order valence-corrected chi connectivity index (χ4v) is 3.86. The molecule has 1 N–H and O–H groups in total. The van der Waals surface area contributed by atoms with E-state index in [0.29, 0.717) is 46.7 Å². The topological polar surface area (TPSA) is 122 Å². The fraction of sp³-hybridized carbons (Fsp3) is 0.208. The predicted octanol–water partition coefficient (Wildman–Crippen LogP) is 3.07. The smallest absolute Gasteiger partial charge is 0.276 e. The van der Waals surface area contributed by atoms with E-state index in [2.05, 4.69) is 25.5 Å². The summed E-state index contributed by atoms with van der Waals surface area (Å²) in [5.74, 6) is 0.368. The molecule has 0 aliphatic carbocycles. The number of hydrogen-bond acceptors (Lipinski definition) is 8. The van der Waals surface area contributed by atoms with Crippen molar-refractivity contribution >= 4 is 16.8 Å². The average molecular weight is 491 g/mol. The largest absolute Gasteiger partial charge is 0.493 e. The molecule has 2 aromatic carbocycles. The summed E-state index contributed by atoms with van der Waals surface area (Å²) in [6.07, 6.45) is 5.23. The summed E-state index contributed by atoms with van der Waals surface area (Å²) in [5, 5.41) is 11.9. The van der Waals surface area contributed by atoms with Gasteiger partial charge in [-0.2, -0.15) is 10.1 Å². The highest BCUT2D eigenvalue weighted by Gasteiger charge is 2.21.